The molecular formula is C13H22O4. The molecule has 0 aromatic carbocycles. The van der Waals surface area contributed by atoms with Crippen LogP contribution in [-0.2, 0) is 18.9 Å². The maximum atomic E-state index is 11.2. The standard InChI is InChI=1S/C12H22O3.CO/c1-4-6-8-12(13)15-11(3)10-14-9-7-5-2;1-2/h3-10H2,1-2H3;. The predicted molar refractivity (Wildman–Crippen MR) is 64.4 cm³/mol. The van der Waals surface area contributed by atoms with Gasteiger partial charge in [0.05, 0.1) is 0 Å². The second-order valence-corrected chi connectivity index (χ2v) is 3.52. The Morgan fingerprint density at radius 2 is 1.82 bits per heavy atom. The molecule has 0 amide bonds. The van der Waals surface area contributed by atoms with Crippen LogP contribution in [0.25, 0.3) is 0 Å². The second-order valence-electron chi connectivity index (χ2n) is 3.52. The Bertz CT molecular complexity index is 221. The Morgan fingerprint density at radius 3 is 2.35 bits per heavy atom. The van der Waals surface area contributed by atoms with E-state index in [1.165, 1.54) is 0 Å². The number of hydrogen-bond acceptors (Lipinski definition) is 3. The van der Waals surface area contributed by atoms with Gasteiger partial charge in [0.1, 0.15) is 12.4 Å². The van der Waals surface area contributed by atoms with Gasteiger partial charge in [-0.1, -0.05) is 33.3 Å². The van der Waals surface area contributed by atoms with Crippen LogP contribution in [-0.4, -0.2) is 19.2 Å². The van der Waals surface area contributed by atoms with E-state index in [9.17, 15) is 4.79 Å². The van der Waals surface area contributed by atoms with Crippen molar-refractivity contribution in [3.05, 3.63) is 19.0 Å². The summed E-state index contributed by atoms with van der Waals surface area (Å²) >= 11 is 0. The van der Waals surface area contributed by atoms with Crippen molar-refractivity contribution >= 4 is 5.97 Å². The van der Waals surface area contributed by atoms with Crippen LogP contribution in [0.15, 0.2) is 12.3 Å². The van der Waals surface area contributed by atoms with Gasteiger partial charge in [0.15, 0.2) is 0 Å². The minimum atomic E-state index is -0.207. The minimum absolute atomic E-state index is 0.207. The van der Waals surface area contributed by atoms with Crippen molar-refractivity contribution < 1.29 is 18.9 Å². The molecule has 98 valence electrons. The van der Waals surface area contributed by atoms with E-state index in [2.05, 4.69) is 20.2 Å². The average Bonchev–Trinajstić information content (AvgIpc) is 2.34. The van der Waals surface area contributed by atoms with Crippen molar-refractivity contribution in [2.75, 3.05) is 13.2 Å². The molecule has 0 bridgehead atoms. The third-order valence-electron chi connectivity index (χ3n) is 1.90. The summed E-state index contributed by atoms with van der Waals surface area (Å²) in [5.74, 6) is 0.202. The number of carbonyl (C=O) groups excluding carboxylic acids is 1. The summed E-state index contributed by atoms with van der Waals surface area (Å²) in [5.41, 5.74) is 0. The molecule has 4 nitrogen and oxygen atoms in total. The quantitative estimate of drug-likeness (QED) is 0.205. The fourth-order valence-corrected chi connectivity index (χ4v) is 0.995. The van der Waals surface area contributed by atoms with Crippen LogP contribution < -0.4 is 0 Å². The average molecular weight is 242 g/mol. The molecule has 0 fully saturated rings. The summed E-state index contributed by atoms with van der Waals surface area (Å²) in [4.78, 5) is 11.2. The van der Waals surface area contributed by atoms with E-state index in [0.717, 1.165) is 25.7 Å². The van der Waals surface area contributed by atoms with Gasteiger partial charge in [0.25, 0.3) is 0 Å². The molecule has 0 aromatic heterocycles. The van der Waals surface area contributed by atoms with Crippen molar-refractivity contribution in [3.8, 4) is 0 Å². The van der Waals surface area contributed by atoms with Crippen LogP contribution in [0.4, 0.5) is 0 Å². The number of hydrogen-bond donors (Lipinski definition) is 0. The van der Waals surface area contributed by atoms with Crippen LogP contribution in [0, 0.1) is 6.65 Å². The molecule has 0 spiro atoms. The second kappa shape index (κ2) is 14.9. The van der Waals surface area contributed by atoms with E-state index < -0.39 is 0 Å². The zero-order chi connectivity index (χ0) is 13.5. The number of ether oxygens (including phenoxy) is 2. The van der Waals surface area contributed by atoms with Crippen molar-refractivity contribution in [1.29, 1.82) is 0 Å². The van der Waals surface area contributed by atoms with Gasteiger partial charge in [-0.25, -0.2) is 0 Å². The van der Waals surface area contributed by atoms with Crippen LogP contribution in [0.1, 0.15) is 46.0 Å². The van der Waals surface area contributed by atoms with E-state index in [0.29, 0.717) is 25.4 Å². The molecule has 0 aliphatic heterocycles. The SMILES string of the molecule is C=C(COCCCC)OC(=O)CCCC.[C-]#[O+]. The molecule has 0 saturated heterocycles. The monoisotopic (exact) mass is 242 g/mol. The molecule has 0 aliphatic rings. The maximum absolute atomic E-state index is 11.2. The zero-order valence-corrected chi connectivity index (χ0v) is 10.8. The van der Waals surface area contributed by atoms with E-state index in [1.54, 1.807) is 0 Å². The first-order valence-corrected chi connectivity index (χ1v) is 5.87. The molecule has 0 unspecified atom stereocenters. The molecule has 0 heterocycles. The van der Waals surface area contributed by atoms with Gasteiger partial charge in [-0.05, 0) is 12.8 Å². The van der Waals surface area contributed by atoms with Gasteiger partial charge in [0, 0.05) is 13.0 Å². The van der Waals surface area contributed by atoms with Crippen LogP contribution >= 0.6 is 0 Å². The summed E-state index contributed by atoms with van der Waals surface area (Å²) in [7, 11) is 0. The van der Waals surface area contributed by atoms with Gasteiger partial charge >= 0.3 is 17.3 Å². The Kier molecular flexibility index (Phi) is 16.0. The topological polar surface area (TPSA) is 55.4 Å². The number of unbranched alkanes of at least 4 members (excludes halogenated alkanes) is 2. The summed E-state index contributed by atoms with van der Waals surface area (Å²) in [6.07, 6.45) is 4.45. The Hall–Kier alpha value is -1.09. The fourth-order valence-electron chi connectivity index (χ4n) is 0.995. The van der Waals surface area contributed by atoms with E-state index >= 15 is 0 Å². The molecule has 4 heteroatoms. The third-order valence-corrected chi connectivity index (χ3v) is 1.90. The molecular weight excluding hydrogens is 220 g/mol. The van der Waals surface area contributed by atoms with Crippen LogP contribution in [0.3, 0.4) is 0 Å². The van der Waals surface area contributed by atoms with Gasteiger partial charge in [-0.2, -0.15) is 0 Å². The number of esters is 1. The van der Waals surface area contributed by atoms with Gasteiger partial charge in [-0.15, -0.1) is 0 Å². The summed E-state index contributed by atoms with van der Waals surface area (Å²) < 4.78 is 17.7. The molecule has 0 saturated carbocycles. The van der Waals surface area contributed by atoms with E-state index in [1.807, 2.05) is 6.92 Å². The third kappa shape index (κ3) is 14.9. The number of rotatable bonds is 9. The molecule has 0 radical (unpaired) electrons. The van der Waals surface area contributed by atoms with Gasteiger partial charge in [-0.3, -0.25) is 4.79 Å². The molecule has 0 N–H and O–H groups in total. The first-order valence-electron chi connectivity index (χ1n) is 5.87. The van der Waals surface area contributed by atoms with Crippen LogP contribution in [0.2, 0.25) is 0 Å². The summed E-state index contributed by atoms with van der Waals surface area (Å²) in [6.45, 7) is 13.3. The van der Waals surface area contributed by atoms with Crippen molar-refractivity contribution in [2.24, 2.45) is 0 Å². The van der Waals surface area contributed by atoms with Gasteiger partial charge in [0.2, 0.25) is 0 Å². The van der Waals surface area contributed by atoms with Crippen molar-refractivity contribution in [3.63, 3.8) is 0 Å². The number of carbonyl (C=O) groups is 1. The van der Waals surface area contributed by atoms with Crippen LogP contribution in [0.5, 0.6) is 0 Å². The Balaban J connectivity index is 0. The van der Waals surface area contributed by atoms with Crippen molar-refractivity contribution in [2.45, 2.75) is 46.0 Å². The van der Waals surface area contributed by atoms with Crippen molar-refractivity contribution in [1.82, 2.24) is 0 Å². The first kappa shape index (κ1) is 18.3. The molecule has 0 rings (SSSR count). The molecule has 17 heavy (non-hydrogen) atoms. The summed E-state index contributed by atoms with van der Waals surface area (Å²) in [5, 5.41) is 0. The molecule has 0 aliphatic carbocycles. The molecule has 0 atom stereocenters. The fraction of sp³-hybridized carbons (Fsp3) is 0.692. The Labute approximate surface area is 104 Å². The van der Waals surface area contributed by atoms with Gasteiger partial charge < -0.3 is 9.47 Å². The normalized spacial score (nSPS) is 8.94. The summed E-state index contributed by atoms with van der Waals surface area (Å²) in [6, 6.07) is 0. The predicted octanol–water partition coefficient (Wildman–Crippen LogP) is 3.01. The van der Waals surface area contributed by atoms with E-state index in [-0.39, 0.29) is 5.97 Å². The Morgan fingerprint density at radius 1 is 1.24 bits per heavy atom. The molecule has 0 aromatic rings. The first-order chi connectivity index (χ1) is 8.20. The zero-order valence-electron chi connectivity index (χ0n) is 10.8. The van der Waals surface area contributed by atoms with E-state index in [4.69, 9.17) is 14.1 Å².